The highest BCUT2D eigenvalue weighted by atomic mass is 16.5. The molecule has 1 atom stereocenters. The van der Waals surface area contributed by atoms with E-state index in [1.807, 2.05) is 32.0 Å². The molecule has 0 radical (unpaired) electrons. The summed E-state index contributed by atoms with van der Waals surface area (Å²) in [6.45, 7) is 5.84. The fourth-order valence-corrected chi connectivity index (χ4v) is 3.45. The van der Waals surface area contributed by atoms with E-state index >= 15 is 0 Å². The lowest BCUT2D eigenvalue weighted by molar-refractivity contribution is -0.144. The summed E-state index contributed by atoms with van der Waals surface area (Å²) >= 11 is 0. The largest absolute Gasteiger partial charge is 0.490 e. The lowest BCUT2D eigenvalue weighted by atomic mass is 10.1. The number of aryl methyl sites for hydroxylation is 1. The molecule has 0 saturated heterocycles. The van der Waals surface area contributed by atoms with Crippen molar-refractivity contribution < 1.29 is 24.2 Å². The van der Waals surface area contributed by atoms with Crippen LogP contribution in [0.15, 0.2) is 60.7 Å². The molecule has 0 fully saturated rings. The van der Waals surface area contributed by atoms with Gasteiger partial charge in [-0.3, -0.25) is 10.2 Å². The molecule has 0 aliphatic rings. The molecule has 0 aliphatic carbocycles. The van der Waals surface area contributed by atoms with E-state index < -0.39 is 12.1 Å². The van der Waals surface area contributed by atoms with Gasteiger partial charge in [0.05, 0.1) is 12.2 Å². The van der Waals surface area contributed by atoms with Gasteiger partial charge in [-0.25, -0.2) is 4.79 Å². The van der Waals surface area contributed by atoms with Gasteiger partial charge in [-0.15, -0.1) is 0 Å². The van der Waals surface area contributed by atoms with Crippen molar-refractivity contribution in [3.63, 3.8) is 0 Å². The molecule has 3 rings (SSSR count). The molecule has 0 aliphatic heterocycles. The average molecular weight is 491 g/mol. The van der Waals surface area contributed by atoms with Gasteiger partial charge in [0, 0.05) is 29.0 Å². The van der Waals surface area contributed by atoms with Gasteiger partial charge in [0.15, 0.2) is 17.6 Å². The van der Waals surface area contributed by atoms with E-state index in [1.54, 1.807) is 42.5 Å². The lowest BCUT2D eigenvalue weighted by Crippen LogP contribution is -2.24. The van der Waals surface area contributed by atoms with Gasteiger partial charge in [-0.05, 0) is 63.2 Å². The number of rotatable bonds is 11. The zero-order valence-electron chi connectivity index (χ0n) is 20.4. The van der Waals surface area contributed by atoms with Crippen molar-refractivity contribution in [2.45, 2.75) is 33.4 Å². The van der Waals surface area contributed by atoms with Crippen LogP contribution in [0.4, 0.5) is 11.4 Å². The Morgan fingerprint density at radius 2 is 1.83 bits per heavy atom. The first kappa shape index (κ1) is 26.1. The Hall–Kier alpha value is -4.53. The maximum atomic E-state index is 13.1. The summed E-state index contributed by atoms with van der Waals surface area (Å²) in [7, 11) is 0. The SMILES string of the molecule is CCOc1cccc(CNc2ccc(C)cc2C(=O)Nc2ccc(C(=N)N)cc2)c1OC(C)C(=O)O. The van der Waals surface area contributed by atoms with Crippen LogP contribution in [0.2, 0.25) is 0 Å². The van der Waals surface area contributed by atoms with Crippen molar-refractivity contribution in [1.82, 2.24) is 0 Å². The summed E-state index contributed by atoms with van der Waals surface area (Å²) in [5, 5.41) is 22.9. The molecule has 1 unspecified atom stereocenters. The Balaban J connectivity index is 1.84. The number of nitrogens with two attached hydrogens (primary N) is 1. The van der Waals surface area contributed by atoms with Gasteiger partial charge in [0.2, 0.25) is 0 Å². The second kappa shape index (κ2) is 11.7. The summed E-state index contributed by atoms with van der Waals surface area (Å²) in [5.74, 6) is -0.663. The van der Waals surface area contributed by atoms with Crippen LogP contribution < -0.4 is 25.8 Å². The van der Waals surface area contributed by atoms with Crippen LogP contribution in [0.1, 0.15) is 40.9 Å². The van der Waals surface area contributed by atoms with Crippen LogP contribution in [-0.4, -0.2) is 35.5 Å². The number of carbonyl (C=O) groups excluding carboxylic acids is 1. The Morgan fingerprint density at radius 1 is 1.11 bits per heavy atom. The van der Waals surface area contributed by atoms with Crippen LogP contribution >= 0.6 is 0 Å². The number of carboxylic acids is 1. The summed E-state index contributed by atoms with van der Waals surface area (Å²) in [5.41, 5.74) is 9.26. The summed E-state index contributed by atoms with van der Waals surface area (Å²) < 4.78 is 11.4. The number of amidine groups is 1. The van der Waals surface area contributed by atoms with E-state index in [2.05, 4.69) is 10.6 Å². The number of carbonyl (C=O) groups is 2. The highest BCUT2D eigenvalue weighted by molar-refractivity contribution is 6.08. The van der Waals surface area contributed by atoms with Gasteiger partial charge < -0.3 is 30.9 Å². The predicted molar refractivity (Wildman–Crippen MR) is 139 cm³/mol. The number of benzene rings is 3. The fourth-order valence-electron chi connectivity index (χ4n) is 3.45. The van der Waals surface area contributed by atoms with Gasteiger partial charge >= 0.3 is 5.97 Å². The van der Waals surface area contributed by atoms with E-state index in [-0.39, 0.29) is 18.3 Å². The van der Waals surface area contributed by atoms with E-state index in [0.717, 1.165) is 5.56 Å². The molecule has 9 heteroatoms. The number of anilines is 2. The van der Waals surface area contributed by atoms with Crippen molar-refractivity contribution in [3.8, 4) is 11.5 Å². The number of amides is 1. The topological polar surface area (TPSA) is 147 Å². The Bertz CT molecular complexity index is 1260. The summed E-state index contributed by atoms with van der Waals surface area (Å²) in [4.78, 5) is 24.5. The first-order chi connectivity index (χ1) is 17.2. The molecule has 3 aromatic carbocycles. The highest BCUT2D eigenvalue weighted by Gasteiger charge is 2.19. The fraction of sp³-hybridized carbons (Fsp3) is 0.222. The van der Waals surface area contributed by atoms with Crippen molar-refractivity contribution in [2.75, 3.05) is 17.2 Å². The molecule has 0 bridgehead atoms. The van der Waals surface area contributed by atoms with Crippen LogP contribution in [0, 0.1) is 12.3 Å². The minimum Gasteiger partial charge on any atom is -0.490 e. The number of para-hydroxylation sites is 1. The standard InChI is InChI=1S/C27H30N4O5/c1-4-35-23-7-5-6-19(24(23)36-17(3)27(33)34)15-30-22-13-8-16(2)14-21(22)26(32)31-20-11-9-18(10-12-20)25(28)29/h5-14,17,30H,4,15H2,1-3H3,(H3,28,29)(H,31,32)(H,33,34). The predicted octanol–water partition coefficient (Wildman–Crippen LogP) is 4.39. The highest BCUT2D eigenvalue weighted by Crippen LogP contribution is 2.33. The lowest BCUT2D eigenvalue weighted by Gasteiger charge is -2.19. The van der Waals surface area contributed by atoms with Crippen LogP contribution in [0.25, 0.3) is 0 Å². The third-order valence-electron chi connectivity index (χ3n) is 5.35. The van der Waals surface area contributed by atoms with Crippen molar-refractivity contribution in [3.05, 3.63) is 82.9 Å². The van der Waals surface area contributed by atoms with Gasteiger partial charge in [-0.1, -0.05) is 23.8 Å². The van der Waals surface area contributed by atoms with Crippen LogP contribution in [0.3, 0.4) is 0 Å². The number of nitrogens with one attached hydrogen (secondary N) is 3. The molecule has 188 valence electrons. The van der Waals surface area contributed by atoms with E-state index in [4.69, 9.17) is 20.6 Å². The Kier molecular flexibility index (Phi) is 8.51. The van der Waals surface area contributed by atoms with Crippen molar-refractivity contribution >= 4 is 29.1 Å². The Morgan fingerprint density at radius 3 is 2.47 bits per heavy atom. The van der Waals surface area contributed by atoms with Gasteiger partial charge in [0.1, 0.15) is 5.84 Å². The third kappa shape index (κ3) is 6.53. The molecular formula is C27H30N4O5. The smallest absolute Gasteiger partial charge is 0.344 e. The maximum Gasteiger partial charge on any atom is 0.344 e. The average Bonchev–Trinajstić information content (AvgIpc) is 2.85. The number of ether oxygens (including phenoxy) is 2. The van der Waals surface area contributed by atoms with Crippen molar-refractivity contribution in [1.29, 1.82) is 5.41 Å². The monoisotopic (exact) mass is 490 g/mol. The summed E-state index contributed by atoms with van der Waals surface area (Å²) in [6.07, 6.45) is -1.07. The number of nitrogen functional groups attached to an aromatic ring is 1. The molecule has 1 amide bonds. The molecule has 0 aromatic heterocycles. The van der Waals surface area contributed by atoms with Gasteiger partial charge in [0.25, 0.3) is 5.91 Å². The third-order valence-corrected chi connectivity index (χ3v) is 5.35. The minimum absolute atomic E-state index is 0.0486. The van der Waals surface area contributed by atoms with E-state index in [0.29, 0.717) is 46.2 Å². The molecule has 9 nitrogen and oxygen atoms in total. The zero-order valence-corrected chi connectivity index (χ0v) is 20.4. The molecule has 0 heterocycles. The van der Waals surface area contributed by atoms with Crippen LogP contribution in [-0.2, 0) is 11.3 Å². The minimum atomic E-state index is -1.09. The Labute approximate surface area is 209 Å². The molecule has 0 saturated carbocycles. The van der Waals surface area contributed by atoms with Gasteiger partial charge in [-0.2, -0.15) is 0 Å². The molecule has 6 N–H and O–H groups in total. The molecule has 36 heavy (non-hydrogen) atoms. The normalized spacial score (nSPS) is 11.3. The molecular weight excluding hydrogens is 460 g/mol. The molecule has 0 spiro atoms. The van der Waals surface area contributed by atoms with Crippen LogP contribution in [0.5, 0.6) is 11.5 Å². The number of hydrogen-bond acceptors (Lipinski definition) is 6. The second-order valence-electron chi connectivity index (χ2n) is 8.12. The molecule has 3 aromatic rings. The van der Waals surface area contributed by atoms with E-state index in [1.165, 1.54) is 6.92 Å². The quantitative estimate of drug-likeness (QED) is 0.198. The number of aliphatic carboxylic acids is 1. The number of carboxylic acid groups (broad SMARTS) is 1. The maximum absolute atomic E-state index is 13.1. The first-order valence-corrected chi connectivity index (χ1v) is 11.4. The zero-order chi connectivity index (χ0) is 26.2. The van der Waals surface area contributed by atoms with E-state index in [9.17, 15) is 14.7 Å². The first-order valence-electron chi connectivity index (χ1n) is 11.4. The van der Waals surface area contributed by atoms with Crippen molar-refractivity contribution in [2.24, 2.45) is 5.73 Å². The second-order valence-corrected chi connectivity index (χ2v) is 8.12. The number of hydrogen-bond donors (Lipinski definition) is 5. The summed E-state index contributed by atoms with van der Waals surface area (Å²) in [6, 6.07) is 17.5.